The highest BCUT2D eigenvalue weighted by molar-refractivity contribution is 9.10. The lowest BCUT2D eigenvalue weighted by Crippen LogP contribution is -1.93. The van der Waals surface area contributed by atoms with E-state index in [0.717, 1.165) is 4.47 Å². The van der Waals surface area contributed by atoms with Crippen molar-refractivity contribution in [1.29, 1.82) is 5.26 Å². The lowest BCUT2D eigenvalue weighted by atomic mass is 10.2. The number of ether oxygens (including phenoxy) is 2. The summed E-state index contributed by atoms with van der Waals surface area (Å²) in [6, 6.07) is 8.56. The van der Waals surface area contributed by atoms with Gasteiger partial charge in [0.05, 0.1) is 18.7 Å². The second-order valence-electron chi connectivity index (χ2n) is 3.52. The molecule has 1 aromatic carbocycles. The summed E-state index contributed by atoms with van der Waals surface area (Å²) in [6.45, 7) is 0. The number of aromatic nitrogens is 1. The number of hydrogen-bond donors (Lipinski definition) is 0. The molecule has 19 heavy (non-hydrogen) atoms. The summed E-state index contributed by atoms with van der Waals surface area (Å²) in [6.07, 6.45) is 1.58. The van der Waals surface area contributed by atoms with Crippen LogP contribution in [-0.2, 0) is 0 Å². The third-order valence-corrected chi connectivity index (χ3v) is 2.98. The standard InChI is InChI=1S/C13H8BrClN2O2/c1-18-12-4-8(6-16)2-3-11(12)19-13-10(15)5-9(14)7-17-13/h2-5,7H,1H3. The van der Waals surface area contributed by atoms with Crippen LogP contribution in [0.15, 0.2) is 34.9 Å². The molecule has 2 rings (SSSR count). The molecule has 0 spiro atoms. The molecule has 2 aromatic rings. The van der Waals surface area contributed by atoms with Crippen LogP contribution in [0.1, 0.15) is 5.56 Å². The van der Waals surface area contributed by atoms with Gasteiger partial charge in [-0.2, -0.15) is 5.26 Å². The van der Waals surface area contributed by atoms with Gasteiger partial charge in [-0.15, -0.1) is 0 Å². The monoisotopic (exact) mass is 338 g/mol. The normalized spacial score (nSPS) is 9.79. The first kappa shape index (κ1) is 13.7. The van der Waals surface area contributed by atoms with Gasteiger partial charge in [-0.3, -0.25) is 0 Å². The van der Waals surface area contributed by atoms with Crippen molar-refractivity contribution in [2.24, 2.45) is 0 Å². The predicted octanol–water partition coefficient (Wildman–Crippen LogP) is 4.17. The molecule has 0 amide bonds. The van der Waals surface area contributed by atoms with Gasteiger partial charge in [0.15, 0.2) is 11.5 Å². The molecule has 0 unspecified atom stereocenters. The summed E-state index contributed by atoms with van der Waals surface area (Å²) in [5.74, 6) is 1.16. The molecular weight excluding hydrogens is 332 g/mol. The molecule has 0 saturated carbocycles. The van der Waals surface area contributed by atoms with Gasteiger partial charge in [0.2, 0.25) is 5.88 Å². The van der Waals surface area contributed by atoms with Crippen LogP contribution < -0.4 is 9.47 Å². The summed E-state index contributed by atoms with van der Waals surface area (Å²) in [4.78, 5) is 4.07. The molecule has 0 saturated heterocycles. The molecule has 1 aromatic heterocycles. The highest BCUT2D eigenvalue weighted by Gasteiger charge is 2.10. The molecule has 6 heteroatoms. The summed E-state index contributed by atoms with van der Waals surface area (Å²) < 4.78 is 11.5. The van der Waals surface area contributed by atoms with E-state index in [2.05, 4.69) is 20.9 Å². The number of benzene rings is 1. The van der Waals surface area contributed by atoms with Crippen LogP contribution in [0.4, 0.5) is 0 Å². The van der Waals surface area contributed by atoms with Crippen LogP contribution >= 0.6 is 27.5 Å². The fourth-order valence-corrected chi connectivity index (χ4v) is 2.07. The maximum Gasteiger partial charge on any atom is 0.238 e. The summed E-state index contributed by atoms with van der Waals surface area (Å²) in [7, 11) is 1.50. The smallest absolute Gasteiger partial charge is 0.238 e. The van der Waals surface area contributed by atoms with E-state index in [4.69, 9.17) is 26.3 Å². The SMILES string of the molecule is COc1cc(C#N)ccc1Oc1ncc(Br)cc1Cl. The summed E-state index contributed by atoms with van der Waals surface area (Å²) in [5.41, 5.74) is 0.485. The average Bonchev–Trinajstić information content (AvgIpc) is 2.42. The van der Waals surface area contributed by atoms with Crippen LogP contribution in [0.25, 0.3) is 0 Å². The van der Waals surface area contributed by atoms with Gasteiger partial charge >= 0.3 is 0 Å². The van der Waals surface area contributed by atoms with Crippen LogP contribution in [0.2, 0.25) is 5.02 Å². The summed E-state index contributed by atoms with van der Waals surface area (Å²) >= 11 is 9.29. The van der Waals surface area contributed by atoms with Gasteiger partial charge in [-0.05, 0) is 34.1 Å². The van der Waals surface area contributed by atoms with E-state index < -0.39 is 0 Å². The maximum atomic E-state index is 8.83. The maximum absolute atomic E-state index is 8.83. The molecule has 0 N–H and O–H groups in total. The molecule has 0 aliphatic carbocycles. The van der Waals surface area contributed by atoms with Crippen molar-refractivity contribution in [3.8, 4) is 23.4 Å². The minimum Gasteiger partial charge on any atom is -0.493 e. The van der Waals surface area contributed by atoms with Gasteiger partial charge in [0, 0.05) is 16.7 Å². The van der Waals surface area contributed by atoms with E-state index in [9.17, 15) is 0 Å². The Balaban J connectivity index is 2.35. The molecular formula is C13H8BrClN2O2. The lowest BCUT2D eigenvalue weighted by molar-refractivity contribution is 0.374. The third-order valence-electron chi connectivity index (χ3n) is 2.27. The zero-order chi connectivity index (χ0) is 13.8. The average molecular weight is 340 g/mol. The first-order valence-corrected chi connectivity index (χ1v) is 6.38. The second kappa shape index (κ2) is 5.91. The number of methoxy groups -OCH3 is 1. The zero-order valence-electron chi connectivity index (χ0n) is 9.85. The first-order valence-electron chi connectivity index (χ1n) is 5.21. The van der Waals surface area contributed by atoms with Crippen molar-refractivity contribution < 1.29 is 9.47 Å². The number of nitrogens with zero attached hydrogens (tertiary/aromatic N) is 2. The topological polar surface area (TPSA) is 55.1 Å². The van der Waals surface area contributed by atoms with Crippen LogP contribution in [-0.4, -0.2) is 12.1 Å². The number of pyridine rings is 1. The molecule has 0 aliphatic heterocycles. The van der Waals surface area contributed by atoms with Gasteiger partial charge < -0.3 is 9.47 Å². The Morgan fingerprint density at radius 3 is 2.74 bits per heavy atom. The summed E-state index contributed by atoms with van der Waals surface area (Å²) in [5, 5.41) is 9.20. The second-order valence-corrected chi connectivity index (χ2v) is 4.84. The van der Waals surface area contributed by atoms with Crippen molar-refractivity contribution in [2.45, 2.75) is 0 Å². The van der Waals surface area contributed by atoms with Crippen molar-refractivity contribution in [3.63, 3.8) is 0 Å². The highest BCUT2D eigenvalue weighted by atomic mass is 79.9. The number of hydrogen-bond acceptors (Lipinski definition) is 4. The molecule has 0 radical (unpaired) electrons. The van der Waals surface area contributed by atoms with Crippen LogP contribution in [0, 0.1) is 11.3 Å². The van der Waals surface area contributed by atoms with Gasteiger partial charge in [-0.25, -0.2) is 4.98 Å². The fourth-order valence-electron chi connectivity index (χ4n) is 1.40. The number of rotatable bonds is 3. The van der Waals surface area contributed by atoms with E-state index >= 15 is 0 Å². The Morgan fingerprint density at radius 2 is 2.11 bits per heavy atom. The molecule has 1 heterocycles. The Bertz CT molecular complexity index is 656. The lowest BCUT2D eigenvalue weighted by Gasteiger charge is -2.10. The van der Waals surface area contributed by atoms with Crippen LogP contribution in [0.3, 0.4) is 0 Å². The fraction of sp³-hybridized carbons (Fsp3) is 0.0769. The quantitative estimate of drug-likeness (QED) is 0.842. The number of nitriles is 1. The predicted molar refractivity (Wildman–Crippen MR) is 74.7 cm³/mol. The Labute approximate surface area is 123 Å². The van der Waals surface area contributed by atoms with Gasteiger partial charge in [0.25, 0.3) is 0 Å². The van der Waals surface area contributed by atoms with Crippen molar-refractivity contribution in [1.82, 2.24) is 4.98 Å². The Kier molecular flexibility index (Phi) is 4.25. The van der Waals surface area contributed by atoms with Crippen LogP contribution in [0.5, 0.6) is 17.4 Å². The minimum absolute atomic E-state index is 0.271. The number of halogens is 2. The molecule has 0 aliphatic rings. The zero-order valence-corrected chi connectivity index (χ0v) is 12.2. The Hall–Kier alpha value is -1.77. The molecule has 0 fully saturated rings. The van der Waals surface area contributed by atoms with Crippen molar-refractivity contribution in [3.05, 3.63) is 45.5 Å². The van der Waals surface area contributed by atoms with E-state index in [-0.39, 0.29) is 5.88 Å². The van der Waals surface area contributed by atoms with Crippen molar-refractivity contribution >= 4 is 27.5 Å². The first-order chi connectivity index (χ1) is 9.13. The van der Waals surface area contributed by atoms with Gasteiger partial charge in [-0.1, -0.05) is 11.6 Å². The highest BCUT2D eigenvalue weighted by Crippen LogP contribution is 2.34. The largest absolute Gasteiger partial charge is 0.493 e. The van der Waals surface area contributed by atoms with E-state index in [1.165, 1.54) is 7.11 Å². The Morgan fingerprint density at radius 1 is 1.32 bits per heavy atom. The molecule has 96 valence electrons. The van der Waals surface area contributed by atoms with E-state index in [1.807, 2.05) is 6.07 Å². The third kappa shape index (κ3) is 3.16. The molecule has 0 bridgehead atoms. The van der Waals surface area contributed by atoms with E-state index in [1.54, 1.807) is 30.5 Å². The molecule has 0 atom stereocenters. The van der Waals surface area contributed by atoms with Crippen molar-refractivity contribution in [2.75, 3.05) is 7.11 Å². The molecule has 4 nitrogen and oxygen atoms in total. The minimum atomic E-state index is 0.271. The van der Waals surface area contributed by atoms with Gasteiger partial charge in [0.1, 0.15) is 5.02 Å². The van der Waals surface area contributed by atoms with E-state index in [0.29, 0.717) is 22.1 Å².